The SMILES string of the molecule is CSC(=NS(=O)(=O)c1cccnc1)SC. The summed E-state index contributed by atoms with van der Waals surface area (Å²) in [7, 11) is -3.60. The van der Waals surface area contributed by atoms with Crippen molar-refractivity contribution in [2.75, 3.05) is 12.5 Å². The monoisotopic (exact) mass is 262 g/mol. The topological polar surface area (TPSA) is 59.4 Å². The molecule has 0 saturated carbocycles. The zero-order valence-corrected chi connectivity index (χ0v) is 10.7. The van der Waals surface area contributed by atoms with Gasteiger partial charge in [-0.2, -0.15) is 8.42 Å². The molecule has 0 unspecified atom stereocenters. The van der Waals surface area contributed by atoms with Gasteiger partial charge in [-0.3, -0.25) is 4.98 Å². The lowest BCUT2D eigenvalue weighted by atomic mass is 10.5. The van der Waals surface area contributed by atoms with E-state index in [1.807, 2.05) is 0 Å². The Hall–Kier alpha value is -0.530. The Bertz CT molecular complexity index is 436. The van der Waals surface area contributed by atoms with Crippen molar-refractivity contribution < 1.29 is 8.42 Å². The maximum Gasteiger partial charge on any atom is 0.285 e. The lowest BCUT2D eigenvalue weighted by molar-refractivity contribution is 0.598. The molecule has 0 bridgehead atoms. The highest BCUT2D eigenvalue weighted by Gasteiger charge is 2.13. The van der Waals surface area contributed by atoms with E-state index in [0.29, 0.717) is 4.38 Å². The van der Waals surface area contributed by atoms with E-state index in [2.05, 4.69) is 9.38 Å². The molecule has 4 nitrogen and oxygen atoms in total. The molecule has 1 aromatic rings. The lowest BCUT2D eigenvalue weighted by Gasteiger charge is -2.00. The van der Waals surface area contributed by atoms with Crippen molar-refractivity contribution in [3.63, 3.8) is 0 Å². The molecule has 0 atom stereocenters. The van der Waals surface area contributed by atoms with Crippen LogP contribution in [0.4, 0.5) is 0 Å². The van der Waals surface area contributed by atoms with Crippen LogP contribution in [0.5, 0.6) is 0 Å². The van der Waals surface area contributed by atoms with Gasteiger partial charge >= 0.3 is 0 Å². The quantitative estimate of drug-likeness (QED) is 0.601. The predicted octanol–water partition coefficient (Wildman–Crippen LogP) is 1.85. The molecular weight excluding hydrogens is 252 g/mol. The van der Waals surface area contributed by atoms with Crippen molar-refractivity contribution in [2.24, 2.45) is 4.40 Å². The van der Waals surface area contributed by atoms with Gasteiger partial charge in [0, 0.05) is 12.4 Å². The zero-order chi connectivity index (χ0) is 11.3. The summed E-state index contributed by atoms with van der Waals surface area (Å²) in [5.74, 6) is 0. The number of thioether (sulfide) groups is 2. The van der Waals surface area contributed by atoms with Crippen LogP contribution in [0, 0.1) is 0 Å². The van der Waals surface area contributed by atoms with Crippen molar-refractivity contribution in [2.45, 2.75) is 4.90 Å². The Balaban J connectivity index is 3.10. The average molecular weight is 262 g/mol. The number of aromatic nitrogens is 1. The Morgan fingerprint density at radius 2 is 2.07 bits per heavy atom. The van der Waals surface area contributed by atoms with Gasteiger partial charge in [0.05, 0.1) is 0 Å². The van der Waals surface area contributed by atoms with E-state index in [9.17, 15) is 8.42 Å². The zero-order valence-electron chi connectivity index (χ0n) is 8.25. The molecule has 0 saturated heterocycles. The van der Waals surface area contributed by atoms with Gasteiger partial charge in [-0.15, -0.1) is 27.9 Å². The minimum absolute atomic E-state index is 0.116. The summed E-state index contributed by atoms with van der Waals surface area (Å²) >= 11 is 2.61. The van der Waals surface area contributed by atoms with Crippen LogP contribution in [0.2, 0.25) is 0 Å². The molecule has 0 aliphatic carbocycles. The van der Waals surface area contributed by atoms with Gasteiger partial charge in [-0.25, -0.2) is 0 Å². The number of sulfonamides is 1. The summed E-state index contributed by atoms with van der Waals surface area (Å²) in [6.45, 7) is 0. The van der Waals surface area contributed by atoms with Crippen LogP contribution in [0.1, 0.15) is 0 Å². The van der Waals surface area contributed by atoms with Crippen LogP contribution in [-0.2, 0) is 10.0 Å². The first-order valence-electron chi connectivity index (χ1n) is 3.93. The van der Waals surface area contributed by atoms with E-state index in [4.69, 9.17) is 0 Å². The molecule has 7 heteroatoms. The highest BCUT2D eigenvalue weighted by molar-refractivity contribution is 8.38. The third kappa shape index (κ3) is 3.51. The first-order valence-corrected chi connectivity index (χ1v) is 7.82. The summed E-state index contributed by atoms with van der Waals surface area (Å²) in [5, 5.41) is 0. The molecule has 0 spiro atoms. The third-order valence-electron chi connectivity index (χ3n) is 1.48. The molecule has 0 aliphatic heterocycles. The summed E-state index contributed by atoms with van der Waals surface area (Å²) in [4.78, 5) is 3.86. The number of hydrogen-bond acceptors (Lipinski definition) is 5. The van der Waals surface area contributed by atoms with Gasteiger partial charge in [0.2, 0.25) is 0 Å². The molecular formula is C8H10N2O2S3. The van der Waals surface area contributed by atoms with E-state index in [1.54, 1.807) is 18.6 Å². The number of rotatable bonds is 2. The average Bonchev–Trinajstić information content (AvgIpc) is 2.27. The highest BCUT2D eigenvalue weighted by atomic mass is 32.2. The van der Waals surface area contributed by atoms with Crippen molar-refractivity contribution in [3.8, 4) is 0 Å². The van der Waals surface area contributed by atoms with Gasteiger partial charge in [0.15, 0.2) is 0 Å². The molecule has 0 N–H and O–H groups in total. The van der Waals surface area contributed by atoms with E-state index in [1.165, 1.54) is 42.0 Å². The number of hydrogen-bond donors (Lipinski definition) is 0. The molecule has 82 valence electrons. The minimum Gasteiger partial charge on any atom is -0.263 e. The molecule has 1 aromatic heterocycles. The standard InChI is InChI=1S/C8H10N2O2S3/c1-13-8(14-2)10-15(11,12)7-4-3-5-9-6-7/h3-6H,1-2H3. The fourth-order valence-electron chi connectivity index (χ4n) is 0.808. The maximum absolute atomic E-state index is 11.7. The van der Waals surface area contributed by atoms with Crippen molar-refractivity contribution in [1.29, 1.82) is 0 Å². The summed E-state index contributed by atoms with van der Waals surface area (Å²) in [6, 6.07) is 3.05. The fraction of sp³-hybridized carbons (Fsp3) is 0.250. The van der Waals surface area contributed by atoms with Crippen LogP contribution >= 0.6 is 23.5 Å². The molecule has 0 fully saturated rings. The Kier molecular flexibility index (Phi) is 4.62. The second kappa shape index (κ2) is 5.53. The molecule has 0 aromatic carbocycles. The van der Waals surface area contributed by atoms with Crippen LogP contribution in [0.3, 0.4) is 0 Å². The molecule has 0 aliphatic rings. The fourth-order valence-corrected chi connectivity index (χ4v) is 3.41. The van der Waals surface area contributed by atoms with E-state index in [-0.39, 0.29) is 4.90 Å². The predicted molar refractivity (Wildman–Crippen MR) is 65.9 cm³/mol. The van der Waals surface area contributed by atoms with Crippen molar-refractivity contribution >= 4 is 37.9 Å². The van der Waals surface area contributed by atoms with Crippen molar-refractivity contribution in [3.05, 3.63) is 24.5 Å². The second-order valence-corrected chi connectivity index (χ2v) is 5.88. The molecule has 0 amide bonds. The van der Waals surface area contributed by atoms with Gasteiger partial charge < -0.3 is 0 Å². The lowest BCUT2D eigenvalue weighted by Crippen LogP contribution is -1.99. The highest BCUT2D eigenvalue weighted by Crippen LogP contribution is 2.17. The summed E-state index contributed by atoms with van der Waals surface area (Å²) in [5.41, 5.74) is 0. The van der Waals surface area contributed by atoms with E-state index < -0.39 is 10.0 Å². The van der Waals surface area contributed by atoms with Gasteiger partial charge in [-0.1, -0.05) is 0 Å². The summed E-state index contributed by atoms with van der Waals surface area (Å²) < 4.78 is 27.6. The number of nitrogens with zero attached hydrogens (tertiary/aromatic N) is 2. The van der Waals surface area contributed by atoms with Crippen LogP contribution in [-0.4, -0.2) is 30.3 Å². The third-order valence-corrected chi connectivity index (χ3v) is 4.85. The smallest absolute Gasteiger partial charge is 0.263 e. The molecule has 15 heavy (non-hydrogen) atoms. The molecule has 1 rings (SSSR count). The summed E-state index contributed by atoms with van der Waals surface area (Å²) in [6.07, 6.45) is 6.38. The van der Waals surface area contributed by atoms with Gasteiger partial charge in [-0.05, 0) is 24.6 Å². The van der Waals surface area contributed by atoms with E-state index >= 15 is 0 Å². The normalized spacial score (nSPS) is 11.1. The van der Waals surface area contributed by atoms with Crippen molar-refractivity contribution in [1.82, 2.24) is 4.98 Å². The van der Waals surface area contributed by atoms with Crippen LogP contribution < -0.4 is 0 Å². The Morgan fingerprint density at radius 1 is 1.40 bits per heavy atom. The number of pyridine rings is 1. The van der Waals surface area contributed by atoms with Gasteiger partial charge in [0.25, 0.3) is 10.0 Å². The van der Waals surface area contributed by atoms with E-state index in [0.717, 1.165) is 0 Å². The molecule has 1 heterocycles. The van der Waals surface area contributed by atoms with Gasteiger partial charge in [0.1, 0.15) is 9.27 Å². The largest absolute Gasteiger partial charge is 0.285 e. The Morgan fingerprint density at radius 3 is 2.53 bits per heavy atom. The first-order chi connectivity index (χ1) is 7.10. The minimum atomic E-state index is -3.60. The van der Waals surface area contributed by atoms with Crippen LogP contribution in [0.25, 0.3) is 0 Å². The van der Waals surface area contributed by atoms with Crippen LogP contribution in [0.15, 0.2) is 33.8 Å². The second-order valence-electron chi connectivity index (χ2n) is 2.43. The first kappa shape index (κ1) is 12.5. The maximum atomic E-state index is 11.7. The Labute approximate surface area is 97.6 Å². The molecule has 0 radical (unpaired) electrons.